The van der Waals surface area contributed by atoms with Crippen molar-refractivity contribution in [1.29, 1.82) is 0 Å². The molecule has 1 atom stereocenters. The first-order chi connectivity index (χ1) is 11.6. The van der Waals surface area contributed by atoms with Crippen LogP contribution in [-0.4, -0.2) is 36.0 Å². The Kier molecular flexibility index (Phi) is 5.11. The summed E-state index contributed by atoms with van der Waals surface area (Å²) >= 11 is 1.40. The van der Waals surface area contributed by atoms with Crippen LogP contribution in [0.3, 0.4) is 0 Å². The zero-order chi connectivity index (χ0) is 17.0. The summed E-state index contributed by atoms with van der Waals surface area (Å²) in [4.78, 5) is 12.0. The van der Waals surface area contributed by atoms with Gasteiger partial charge in [-0.15, -0.1) is 10.2 Å². The SMILES string of the molecule is CC(C)(c1ccccc1)c1nnc(NC(=O)NC[C@@H]2CCOC2)s1. The van der Waals surface area contributed by atoms with E-state index >= 15 is 0 Å². The van der Waals surface area contributed by atoms with Crippen molar-refractivity contribution in [2.75, 3.05) is 25.1 Å². The van der Waals surface area contributed by atoms with Crippen LogP contribution in [0.5, 0.6) is 0 Å². The smallest absolute Gasteiger partial charge is 0.321 e. The third-order valence-corrected chi connectivity index (χ3v) is 5.41. The molecule has 1 aliphatic rings. The Labute approximate surface area is 145 Å². The van der Waals surface area contributed by atoms with Crippen LogP contribution >= 0.6 is 11.3 Å². The standard InChI is InChI=1S/C17H22N4O2S/c1-17(2,13-6-4-3-5-7-13)14-20-21-16(24-14)19-15(22)18-10-12-8-9-23-11-12/h3-7,12H,8-11H2,1-2H3,(H2,18,19,21,22)/t12-/m0/s1. The lowest BCUT2D eigenvalue weighted by atomic mass is 9.85. The number of urea groups is 1. The van der Waals surface area contributed by atoms with Crippen LogP contribution in [0.1, 0.15) is 30.8 Å². The fraction of sp³-hybridized carbons (Fsp3) is 0.471. The van der Waals surface area contributed by atoms with Crippen LogP contribution in [0.25, 0.3) is 0 Å². The van der Waals surface area contributed by atoms with Gasteiger partial charge in [-0.25, -0.2) is 4.79 Å². The average Bonchev–Trinajstić information content (AvgIpc) is 3.26. The molecular weight excluding hydrogens is 324 g/mol. The molecule has 1 aromatic carbocycles. The number of hydrogen-bond acceptors (Lipinski definition) is 5. The molecule has 128 valence electrons. The van der Waals surface area contributed by atoms with Gasteiger partial charge in [0, 0.05) is 24.5 Å². The van der Waals surface area contributed by atoms with Crippen LogP contribution in [-0.2, 0) is 10.2 Å². The number of hydrogen-bond donors (Lipinski definition) is 2. The van der Waals surface area contributed by atoms with Crippen LogP contribution in [0, 0.1) is 5.92 Å². The first-order valence-corrected chi connectivity index (χ1v) is 8.89. The highest BCUT2D eigenvalue weighted by Crippen LogP contribution is 2.34. The number of rotatable bonds is 5. The number of ether oxygens (including phenoxy) is 1. The second-order valence-corrected chi connectivity index (χ2v) is 7.45. The van der Waals surface area contributed by atoms with Crippen LogP contribution in [0.15, 0.2) is 30.3 Å². The lowest BCUT2D eigenvalue weighted by Gasteiger charge is -2.21. The van der Waals surface area contributed by atoms with Crippen molar-refractivity contribution in [1.82, 2.24) is 15.5 Å². The van der Waals surface area contributed by atoms with E-state index in [0.717, 1.165) is 18.0 Å². The van der Waals surface area contributed by atoms with Crippen LogP contribution in [0.2, 0.25) is 0 Å². The molecule has 7 heteroatoms. The lowest BCUT2D eigenvalue weighted by molar-refractivity contribution is 0.185. The molecule has 24 heavy (non-hydrogen) atoms. The predicted molar refractivity (Wildman–Crippen MR) is 94.4 cm³/mol. The molecule has 0 radical (unpaired) electrons. The zero-order valence-electron chi connectivity index (χ0n) is 13.9. The molecule has 1 saturated heterocycles. The normalized spacial score (nSPS) is 17.7. The predicted octanol–water partition coefficient (Wildman–Crippen LogP) is 3.02. The maximum absolute atomic E-state index is 12.0. The monoisotopic (exact) mass is 346 g/mol. The maximum Gasteiger partial charge on any atom is 0.321 e. The minimum atomic E-state index is -0.253. The van der Waals surface area contributed by atoms with Crippen molar-refractivity contribution >= 4 is 22.5 Å². The summed E-state index contributed by atoms with van der Waals surface area (Å²) in [6, 6.07) is 9.92. The Balaban J connectivity index is 1.59. The Bertz CT molecular complexity index is 681. The summed E-state index contributed by atoms with van der Waals surface area (Å²) in [5.74, 6) is 0.401. The molecule has 0 spiro atoms. The summed E-state index contributed by atoms with van der Waals surface area (Å²) in [6.45, 7) is 6.32. The zero-order valence-corrected chi connectivity index (χ0v) is 14.7. The quantitative estimate of drug-likeness (QED) is 0.872. The molecule has 0 unspecified atom stereocenters. The van der Waals surface area contributed by atoms with Crippen LogP contribution < -0.4 is 10.6 Å². The molecule has 3 rings (SSSR count). The third kappa shape index (κ3) is 3.91. The van der Waals surface area contributed by atoms with Gasteiger partial charge < -0.3 is 10.1 Å². The number of nitrogens with zero attached hydrogens (tertiary/aromatic N) is 2. The highest BCUT2D eigenvalue weighted by Gasteiger charge is 2.27. The molecular formula is C17H22N4O2S. The van der Waals surface area contributed by atoms with Crippen molar-refractivity contribution in [3.63, 3.8) is 0 Å². The maximum atomic E-state index is 12.0. The second kappa shape index (κ2) is 7.27. The molecule has 2 heterocycles. The van der Waals surface area contributed by atoms with E-state index in [1.807, 2.05) is 18.2 Å². The minimum absolute atomic E-state index is 0.248. The molecule has 2 N–H and O–H groups in total. The van der Waals surface area contributed by atoms with Crippen LogP contribution in [0.4, 0.5) is 9.93 Å². The van der Waals surface area contributed by atoms with Crippen molar-refractivity contribution in [2.45, 2.75) is 25.7 Å². The van der Waals surface area contributed by atoms with Gasteiger partial charge >= 0.3 is 6.03 Å². The van der Waals surface area contributed by atoms with Gasteiger partial charge in [-0.2, -0.15) is 0 Å². The second-order valence-electron chi connectivity index (χ2n) is 6.47. The van der Waals surface area contributed by atoms with Gasteiger partial charge in [0.1, 0.15) is 5.01 Å². The van der Waals surface area contributed by atoms with Gasteiger partial charge in [-0.05, 0) is 25.8 Å². The molecule has 1 aliphatic heterocycles. The van der Waals surface area contributed by atoms with Gasteiger partial charge in [-0.3, -0.25) is 5.32 Å². The van der Waals surface area contributed by atoms with Crippen molar-refractivity contribution in [3.05, 3.63) is 40.9 Å². The van der Waals surface area contributed by atoms with E-state index in [2.05, 4.69) is 46.8 Å². The van der Waals surface area contributed by atoms with Gasteiger partial charge in [0.25, 0.3) is 0 Å². The van der Waals surface area contributed by atoms with Crippen molar-refractivity contribution < 1.29 is 9.53 Å². The fourth-order valence-electron chi connectivity index (χ4n) is 2.63. The van der Waals surface area contributed by atoms with Gasteiger partial charge in [0.15, 0.2) is 0 Å². The van der Waals surface area contributed by atoms with Crippen molar-refractivity contribution in [3.8, 4) is 0 Å². The number of anilines is 1. The first kappa shape index (κ1) is 16.9. The first-order valence-electron chi connectivity index (χ1n) is 8.08. The number of amides is 2. The van der Waals surface area contributed by atoms with E-state index < -0.39 is 0 Å². The van der Waals surface area contributed by atoms with E-state index in [9.17, 15) is 4.79 Å². The van der Waals surface area contributed by atoms with Gasteiger partial charge in [0.05, 0.1) is 6.61 Å². The molecule has 1 aromatic heterocycles. The van der Waals surface area contributed by atoms with E-state index in [-0.39, 0.29) is 11.4 Å². The molecule has 0 aliphatic carbocycles. The highest BCUT2D eigenvalue weighted by molar-refractivity contribution is 7.15. The molecule has 6 nitrogen and oxygen atoms in total. The Morgan fingerprint density at radius 2 is 2.12 bits per heavy atom. The summed E-state index contributed by atoms with van der Waals surface area (Å²) in [5.41, 5.74) is 0.912. The summed E-state index contributed by atoms with van der Waals surface area (Å²) in [6.07, 6.45) is 0.995. The lowest BCUT2D eigenvalue weighted by Crippen LogP contribution is -2.33. The Morgan fingerprint density at radius 3 is 2.83 bits per heavy atom. The van der Waals surface area contributed by atoms with Gasteiger partial charge in [-0.1, -0.05) is 41.7 Å². The average molecular weight is 346 g/mol. The topological polar surface area (TPSA) is 76.1 Å². The third-order valence-electron chi connectivity index (χ3n) is 4.25. The van der Waals surface area contributed by atoms with Crippen molar-refractivity contribution in [2.24, 2.45) is 5.92 Å². The summed E-state index contributed by atoms with van der Waals surface area (Å²) < 4.78 is 5.30. The summed E-state index contributed by atoms with van der Waals surface area (Å²) in [7, 11) is 0. The minimum Gasteiger partial charge on any atom is -0.381 e. The van der Waals surface area contributed by atoms with Gasteiger partial charge in [0.2, 0.25) is 5.13 Å². The molecule has 2 aromatic rings. The molecule has 0 saturated carbocycles. The van der Waals surface area contributed by atoms with E-state index in [1.165, 1.54) is 16.9 Å². The number of carbonyl (C=O) groups is 1. The van der Waals surface area contributed by atoms with E-state index in [4.69, 9.17) is 4.74 Å². The molecule has 0 bridgehead atoms. The number of nitrogens with one attached hydrogen (secondary N) is 2. The molecule has 1 fully saturated rings. The molecule has 2 amide bonds. The number of aromatic nitrogens is 2. The van der Waals surface area contributed by atoms with E-state index in [0.29, 0.717) is 24.2 Å². The Hall–Kier alpha value is -1.99. The highest BCUT2D eigenvalue weighted by atomic mass is 32.1. The number of benzene rings is 1. The fourth-order valence-corrected chi connectivity index (χ4v) is 3.49. The largest absolute Gasteiger partial charge is 0.381 e. The number of carbonyl (C=O) groups excluding carboxylic acids is 1. The summed E-state index contributed by atoms with van der Waals surface area (Å²) in [5, 5.41) is 15.4. The van der Waals surface area contributed by atoms with E-state index in [1.54, 1.807) is 0 Å². The Morgan fingerprint density at radius 1 is 1.33 bits per heavy atom.